The third-order valence-electron chi connectivity index (χ3n) is 3.53. The van der Waals surface area contributed by atoms with Crippen molar-refractivity contribution in [2.45, 2.75) is 0 Å². The van der Waals surface area contributed by atoms with Crippen LogP contribution in [0.3, 0.4) is 0 Å². The van der Waals surface area contributed by atoms with Crippen molar-refractivity contribution in [3.8, 4) is 0 Å². The van der Waals surface area contributed by atoms with Crippen LogP contribution in [-0.4, -0.2) is 0 Å². The van der Waals surface area contributed by atoms with Gasteiger partial charge in [0.15, 0.2) is 0 Å². The molecule has 4 heteroatoms. The van der Waals surface area contributed by atoms with Gasteiger partial charge in [-0.3, -0.25) is 0 Å². The summed E-state index contributed by atoms with van der Waals surface area (Å²) in [5, 5.41) is 0. The Morgan fingerprint density at radius 1 is 0.500 bits per heavy atom. The van der Waals surface area contributed by atoms with E-state index in [1.54, 1.807) is 0 Å². The van der Waals surface area contributed by atoms with Gasteiger partial charge in [0.25, 0.3) is 0 Å². The number of rotatable bonds is 3. The molecule has 0 saturated carbocycles. The third kappa shape index (κ3) is 3.23. The van der Waals surface area contributed by atoms with Crippen LogP contribution in [-0.2, 0) is 21.8 Å². The predicted octanol–water partition coefficient (Wildman–Crippen LogP) is 1.33. The van der Waals surface area contributed by atoms with Gasteiger partial charge in [0, 0.05) is 0 Å². The van der Waals surface area contributed by atoms with Gasteiger partial charge in [0.05, 0.1) is 0 Å². The Morgan fingerprint density at radius 2 is 0.818 bits per heavy atom. The number of nitrogens with two attached hydrogens (primary N) is 3. The molecular weight excluding hydrogens is 349 g/mol. The van der Waals surface area contributed by atoms with Crippen molar-refractivity contribution in [1.82, 2.24) is 0 Å². The fourth-order valence-electron chi connectivity index (χ4n) is 2.58. The zero-order chi connectivity index (χ0) is 15.5. The van der Waals surface area contributed by atoms with Crippen molar-refractivity contribution >= 4 is 26.9 Å². The summed E-state index contributed by atoms with van der Waals surface area (Å²) >= 11 is -2.33. The van der Waals surface area contributed by atoms with Crippen molar-refractivity contribution in [1.29, 1.82) is 0 Å². The van der Waals surface area contributed by atoms with E-state index in [1.807, 2.05) is 36.4 Å². The first-order valence-electron chi connectivity index (χ1n) is 7.08. The van der Waals surface area contributed by atoms with E-state index in [9.17, 15) is 0 Å². The molecule has 0 fully saturated rings. The second kappa shape index (κ2) is 6.37. The monoisotopic (exact) mass is 366 g/mol. The van der Waals surface area contributed by atoms with Crippen LogP contribution in [0.5, 0.6) is 0 Å². The molecule has 0 radical (unpaired) electrons. The van der Waals surface area contributed by atoms with Gasteiger partial charge < -0.3 is 0 Å². The van der Waals surface area contributed by atoms with E-state index in [-0.39, 0.29) is 0 Å². The number of anilines is 3. The second-order valence-corrected chi connectivity index (χ2v) is 11.4. The summed E-state index contributed by atoms with van der Waals surface area (Å²) in [6, 6.07) is 24.6. The van der Waals surface area contributed by atoms with Crippen LogP contribution in [0, 0.1) is 0 Å². The van der Waals surface area contributed by atoms with E-state index in [4.69, 9.17) is 17.2 Å². The quantitative estimate of drug-likeness (QED) is 0.611. The summed E-state index contributed by atoms with van der Waals surface area (Å²) in [7, 11) is 0. The SMILES string of the molecule is Nc1ccc[c]([Zr]([c]2cccc(N)c2)[c]2cccc(N)c2)c1. The molecule has 3 aromatic rings. The van der Waals surface area contributed by atoms with Gasteiger partial charge in [0.1, 0.15) is 0 Å². The Morgan fingerprint density at radius 3 is 1.09 bits per heavy atom. The van der Waals surface area contributed by atoms with Crippen LogP contribution in [0.15, 0.2) is 72.8 Å². The van der Waals surface area contributed by atoms with Crippen molar-refractivity contribution in [3.05, 3.63) is 72.8 Å². The Hall–Kier alpha value is -2.06. The predicted molar refractivity (Wildman–Crippen MR) is 91.5 cm³/mol. The van der Waals surface area contributed by atoms with E-state index in [2.05, 4.69) is 36.4 Å². The van der Waals surface area contributed by atoms with Crippen molar-refractivity contribution in [3.63, 3.8) is 0 Å². The summed E-state index contributed by atoms with van der Waals surface area (Å²) in [6.45, 7) is 0. The molecule has 3 aromatic carbocycles. The zero-order valence-corrected chi connectivity index (χ0v) is 14.6. The van der Waals surface area contributed by atoms with Crippen LogP contribution in [0.25, 0.3) is 0 Å². The number of hydrogen-bond acceptors (Lipinski definition) is 3. The molecular formula is C18H18N3Zr. The standard InChI is InChI=1S/3C6H6N.Zr/c3*7-6-4-2-1-3-5-6;/h3*1-2,4-5H,7H2;. The van der Waals surface area contributed by atoms with Gasteiger partial charge in [-0.05, 0) is 0 Å². The zero-order valence-electron chi connectivity index (χ0n) is 12.2. The molecule has 0 aromatic heterocycles. The summed E-state index contributed by atoms with van der Waals surface area (Å²) in [6.07, 6.45) is 0. The minimum absolute atomic E-state index is 0.795. The Labute approximate surface area is 138 Å². The van der Waals surface area contributed by atoms with Gasteiger partial charge in [0.2, 0.25) is 0 Å². The van der Waals surface area contributed by atoms with Crippen LogP contribution < -0.4 is 27.0 Å². The molecule has 0 atom stereocenters. The Bertz CT molecular complexity index is 693. The summed E-state index contributed by atoms with van der Waals surface area (Å²) in [4.78, 5) is 0. The van der Waals surface area contributed by atoms with Gasteiger partial charge in [-0.1, -0.05) is 0 Å². The Kier molecular flexibility index (Phi) is 4.30. The Balaban J connectivity index is 2.18. The van der Waals surface area contributed by atoms with Crippen LogP contribution in [0.4, 0.5) is 17.1 Å². The normalized spacial score (nSPS) is 10.4. The van der Waals surface area contributed by atoms with E-state index in [0.29, 0.717) is 0 Å². The molecule has 22 heavy (non-hydrogen) atoms. The van der Waals surface area contributed by atoms with Crippen LogP contribution in [0.1, 0.15) is 0 Å². The van der Waals surface area contributed by atoms with E-state index in [0.717, 1.165) is 17.1 Å². The maximum absolute atomic E-state index is 5.99. The minimum atomic E-state index is -2.33. The summed E-state index contributed by atoms with van der Waals surface area (Å²) < 4.78 is 3.95. The molecule has 0 aliphatic rings. The molecule has 0 amide bonds. The molecule has 0 heterocycles. The fraction of sp³-hybridized carbons (Fsp3) is 0. The molecule has 0 aliphatic carbocycles. The molecule has 6 N–H and O–H groups in total. The topological polar surface area (TPSA) is 78.1 Å². The molecule has 0 bridgehead atoms. The van der Waals surface area contributed by atoms with E-state index < -0.39 is 21.8 Å². The molecule has 0 spiro atoms. The van der Waals surface area contributed by atoms with Crippen molar-refractivity contribution < 1.29 is 21.8 Å². The van der Waals surface area contributed by atoms with Crippen LogP contribution in [0.2, 0.25) is 0 Å². The average Bonchev–Trinajstić information content (AvgIpc) is 2.48. The molecule has 3 nitrogen and oxygen atoms in total. The molecule has 3 rings (SSSR count). The van der Waals surface area contributed by atoms with Crippen molar-refractivity contribution in [2.24, 2.45) is 0 Å². The van der Waals surface area contributed by atoms with Crippen LogP contribution >= 0.6 is 0 Å². The molecule has 109 valence electrons. The van der Waals surface area contributed by atoms with Gasteiger partial charge >= 0.3 is 139 Å². The maximum atomic E-state index is 5.99. The first-order chi connectivity index (χ1) is 10.6. The fourth-order valence-corrected chi connectivity index (χ4v) is 9.27. The van der Waals surface area contributed by atoms with Gasteiger partial charge in [-0.25, -0.2) is 0 Å². The first kappa shape index (κ1) is 14.9. The van der Waals surface area contributed by atoms with E-state index >= 15 is 0 Å². The van der Waals surface area contributed by atoms with Gasteiger partial charge in [-0.2, -0.15) is 0 Å². The van der Waals surface area contributed by atoms with E-state index in [1.165, 1.54) is 9.81 Å². The van der Waals surface area contributed by atoms with Crippen molar-refractivity contribution in [2.75, 3.05) is 17.2 Å². The summed E-state index contributed by atoms with van der Waals surface area (Å²) in [5.41, 5.74) is 20.4. The third-order valence-corrected chi connectivity index (χ3v) is 10.1. The number of nitrogen functional groups attached to an aromatic ring is 3. The number of hydrogen-bond donors (Lipinski definition) is 3. The average molecular weight is 368 g/mol. The molecule has 0 aliphatic heterocycles. The molecule has 0 unspecified atom stereocenters. The number of benzene rings is 3. The second-order valence-electron chi connectivity index (χ2n) is 5.25. The molecule has 0 saturated heterocycles. The van der Waals surface area contributed by atoms with Gasteiger partial charge in [-0.15, -0.1) is 0 Å². The summed E-state index contributed by atoms with van der Waals surface area (Å²) in [5.74, 6) is 0. The first-order valence-corrected chi connectivity index (χ1v) is 10.8.